The van der Waals surface area contributed by atoms with Crippen molar-refractivity contribution in [2.24, 2.45) is 0 Å². The molecular formula is C25H41N3O5. The molecule has 0 aliphatic heterocycles. The number of amides is 3. The van der Waals surface area contributed by atoms with Crippen molar-refractivity contribution in [2.45, 2.75) is 84.5 Å². The molecule has 8 heteroatoms. The summed E-state index contributed by atoms with van der Waals surface area (Å²) in [7, 11) is 1.74. The highest BCUT2D eigenvalue weighted by Crippen LogP contribution is 2.11. The van der Waals surface area contributed by atoms with Gasteiger partial charge in [0.15, 0.2) is 0 Å². The molecule has 186 valence electrons. The van der Waals surface area contributed by atoms with Gasteiger partial charge in [0.1, 0.15) is 17.2 Å². The summed E-state index contributed by atoms with van der Waals surface area (Å²) in [6.45, 7) is 11.7. The first kappa shape index (κ1) is 28.3. The number of nitrogens with zero attached hydrogens (tertiary/aromatic N) is 1. The summed E-state index contributed by atoms with van der Waals surface area (Å²) in [6.07, 6.45) is 1.35. The van der Waals surface area contributed by atoms with Gasteiger partial charge in [-0.05, 0) is 72.8 Å². The molecule has 0 heterocycles. The summed E-state index contributed by atoms with van der Waals surface area (Å²) in [5.41, 5.74) is -0.0701. The normalized spacial score (nSPS) is 12.5. The minimum atomic E-state index is -0.706. The summed E-state index contributed by atoms with van der Waals surface area (Å²) in [5, 5.41) is 5.43. The molecule has 1 unspecified atom stereocenters. The minimum Gasteiger partial charge on any atom is -0.444 e. The van der Waals surface area contributed by atoms with Crippen molar-refractivity contribution in [1.29, 1.82) is 0 Å². The van der Waals surface area contributed by atoms with Crippen molar-refractivity contribution < 1.29 is 23.9 Å². The average Bonchev–Trinajstić information content (AvgIpc) is 2.68. The van der Waals surface area contributed by atoms with Crippen LogP contribution in [0.4, 0.5) is 9.59 Å². The van der Waals surface area contributed by atoms with E-state index in [0.717, 1.165) is 12.0 Å². The lowest BCUT2D eigenvalue weighted by molar-refractivity contribution is -0.132. The van der Waals surface area contributed by atoms with E-state index in [-0.39, 0.29) is 5.91 Å². The van der Waals surface area contributed by atoms with E-state index in [9.17, 15) is 14.4 Å². The zero-order valence-electron chi connectivity index (χ0n) is 21.2. The predicted octanol–water partition coefficient (Wildman–Crippen LogP) is 4.28. The van der Waals surface area contributed by atoms with E-state index in [0.29, 0.717) is 32.4 Å². The van der Waals surface area contributed by atoms with E-state index >= 15 is 0 Å². The number of hydrogen-bond donors (Lipinski definition) is 2. The maximum Gasteiger partial charge on any atom is 0.408 e. The van der Waals surface area contributed by atoms with Crippen LogP contribution in [0.15, 0.2) is 30.3 Å². The Morgan fingerprint density at radius 1 is 0.909 bits per heavy atom. The molecule has 8 nitrogen and oxygen atoms in total. The molecule has 1 aromatic rings. The van der Waals surface area contributed by atoms with Crippen LogP contribution in [0.25, 0.3) is 0 Å². The van der Waals surface area contributed by atoms with E-state index in [1.165, 1.54) is 0 Å². The monoisotopic (exact) mass is 463 g/mol. The second kappa shape index (κ2) is 13.1. The second-order valence-corrected chi connectivity index (χ2v) is 10.1. The van der Waals surface area contributed by atoms with Crippen molar-refractivity contribution in [3.63, 3.8) is 0 Å². The first-order chi connectivity index (χ1) is 15.3. The van der Waals surface area contributed by atoms with E-state index in [1.54, 1.807) is 53.5 Å². The highest BCUT2D eigenvalue weighted by molar-refractivity contribution is 5.85. The van der Waals surface area contributed by atoms with E-state index in [1.807, 2.05) is 30.3 Å². The third kappa shape index (κ3) is 13.4. The molecule has 0 spiro atoms. The summed E-state index contributed by atoms with van der Waals surface area (Å²) in [4.78, 5) is 38.8. The van der Waals surface area contributed by atoms with E-state index < -0.39 is 29.4 Å². The first-order valence-corrected chi connectivity index (χ1v) is 11.5. The van der Waals surface area contributed by atoms with Gasteiger partial charge in [0.25, 0.3) is 0 Å². The molecule has 3 amide bonds. The molecule has 33 heavy (non-hydrogen) atoms. The Kier molecular flexibility index (Phi) is 11.2. The smallest absolute Gasteiger partial charge is 0.408 e. The highest BCUT2D eigenvalue weighted by Gasteiger charge is 2.26. The first-order valence-electron chi connectivity index (χ1n) is 11.5. The highest BCUT2D eigenvalue weighted by atomic mass is 16.6. The molecular weight excluding hydrogens is 422 g/mol. The van der Waals surface area contributed by atoms with Crippen molar-refractivity contribution >= 4 is 18.1 Å². The summed E-state index contributed by atoms with van der Waals surface area (Å²) in [5.74, 6) is -0.170. The molecule has 0 aromatic heterocycles. The summed E-state index contributed by atoms with van der Waals surface area (Å²) >= 11 is 0. The number of benzene rings is 1. The standard InChI is InChI=1S/C25H41N3O5/c1-24(2,3)32-22(30)26-17-12-11-15-20(27-23(31)33-25(4,5)6)21(29)28(7)18-16-19-13-9-8-10-14-19/h8-10,13-14,20H,11-12,15-18H2,1-7H3,(H,26,30)(H,27,31). The van der Waals surface area contributed by atoms with Crippen LogP contribution in [0.5, 0.6) is 0 Å². The fraction of sp³-hybridized carbons (Fsp3) is 0.640. The Hall–Kier alpha value is -2.77. The molecule has 0 bridgehead atoms. The third-order valence-electron chi connectivity index (χ3n) is 4.53. The average molecular weight is 464 g/mol. The third-order valence-corrected chi connectivity index (χ3v) is 4.53. The Morgan fingerprint density at radius 2 is 1.48 bits per heavy atom. The van der Waals surface area contributed by atoms with Crippen molar-refractivity contribution in [2.75, 3.05) is 20.1 Å². The van der Waals surface area contributed by atoms with Crippen LogP contribution in [-0.4, -0.2) is 60.4 Å². The molecule has 1 rings (SSSR count). The summed E-state index contributed by atoms with van der Waals surface area (Å²) in [6, 6.07) is 9.22. The number of ether oxygens (including phenoxy) is 2. The molecule has 1 aromatic carbocycles. The number of alkyl carbamates (subject to hydrolysis) is 2. The molecule has 1 atom stereocenters. The number of rotatable bonds is 10. The van der Waals surface area contributed by atoms with Crippen LogP contribution in [0.1, 0.15) is 66.4 Å². The number of nitrogens with one attached hydrogen (secondary N) is 2. The van der Waals surface area contributed by atoms with Crippen molar-refractivity contribution in [1.82, 2.24) is 15.5 Å². The Bertz CT molecular complexity index is 754. The van der Waals surface area contributed by atoms with Gasteiger partial charge in [0, 0.05) is 20.1 Å². The number of unbranched alkanes of at least 4 members (excludes halogenated alkanes) is 1. The van der Waals surface area contributed by atoms with Crippen LogP contribution in [0, 0.1) is 0 Å². The molecule has 0 fully saturated rings. The van der Waals surface area contributed by atoms with Gasteiger partial charge in [-0.3, -0.25) is 4.79 Å². The van der Waals surface area contributed by atoms with Gasteiger partial charge >= 0.3 is 12.2 Å². The SMILES string of the molecule is CN(CCc1ccccc1)C(=O)C(CCCCNC(=O)OC(C)(C)C)NC(=O)OC(C)(C)C. The zero-order chi connectivity index (χ0) is 25.1. The lowest BCUT2D eigenvalue weighted by Gasteiger charge is -2.26. The molecule has 0 saturated heterocycles. The number of hydrogen-bond acceptors (Lipinski definition) is 5. The lowest BCUT2D eigenvalue weighted by atomic mass is 10.1. The van der Waals surface area contributed by atoms with Crippen molar-refractivity contribution in [3.8, 4) is 0 Å². The second-order valence-electron chi connectivity index (χ2n) is 10.1. The fourth-order valence-corrected chi connectivity index (χ4v) is 3.00. The quantitative estimate of drug-likeness (QED) is 0.505. The largest absolute Gasteiger partial charge is 0.444 e. The van der Waals surface area contributed by atoms with Crippen LogP contribution >= 0.6 is 0 Å². The van der Waals surface area contributed by atoms with Crippen molar-refractivity contribution in [3.05, 3.63) is 35.9 Å². The van der Waals surface area contributed by atoms with E-state index in [2.05, 4.69) is 10.6 Å². The van der Waals surface area contributed by atoms with Crippen LogP contribution in [0.3, 0.4) is 0 Å². The summed E-state index contributed by atoms with van der Waals surface area (Å²) < 4.78 is 10.6. The maximum atomic E-state index is 13.1. The van der Waals surface area contributed by atoms with Gasteiger partial charge in [-0.25, -0.2) is 9.59 Å². The zero-order valence-corrected chi connectivity index (χ0v) is 21.2. The van der Waals surface area contributed by atoms with Gasteiger partial charge < -0.3 is 25.0 Å². The molecule has 0 radical (unpaired) electrons. The van der Waals surface area contributed by atoms with Gasteiger partial charge in [0.2, 0.25) is 5.91 Å². The molecule has 0 aliphatic carbocycles. The number of likely N-dealkylation sites (N-methyl/N-ethyl adjacent to an activating group) is 1. The Morgan fingerprint density at radius 3 is 2.06 bits per heavy atom. The van der Waals surface area contributed by atoms with Crippen LogP contribution in [0.2, 0.25) is 0 Å². The van der Waals surface area contributed by atoms with E-state index in [4.69, 9.17) is 9.47 Å². The topological polar surface area (TPSA) is 97.0 Å². The Balaban J connectivity index is 2.61. The van der Waals surface area contributed by atoms with Crippen LogP contribution in [-0.2, 0) is 20.7 Å². The van der Waals surface area contributed by atoms with Crippen LogP contribution < -0.4 is 10.6 Å². The van der Waals surface area contributed by atoms with Gasteiger partial charge in [-0.2, -0.15) is 0 Å². The minimum absolute atomic E-state index is 0.170. The number of carbonyl (C=O) groups excluding carboxylic acids is 3. The predicted molar refractivity (Wildman–Crippen MR) is 129 cm³/mol. The molecule has 2 N–H and O–H groups in total. The molecule has 0 aliphatic rings. The lowest BCUT2D eigenvalue weighted by Crippen LogP contribution is -2.49. The Labute approximate surface area is 198 Å². The van der Waals surface area contributed by atoms with Gasteiger partial charge in [-0.1, -0.05) is 30.3 Å². The maximum absolute atomic E-state index is 13.1. The molecule has 0 saturated carbocycles. The number of carbonyl (C=O) groups is 3. The fourth-order valence-electron chi connectivity index (χ4n) is 3.00. The van der Waals surface area contributed by atoms with Gasteiger partial charge in [-0.15, -0.1) is 0 Å². The van der Waals surface area contributed by atoms with Gasteiger partial charge in [0.05, 0.1) is 0 Å².